The number of amides is 1. The van der Waals surface area contributed by atoms with E-state index in [1.54, 1.807) is 6.92 Å². The van der Waals surface area contributed by atoms with E-state index in [2.05, 4.69) is 17.2 Å². The highest BCUT2D eigenvalue weighted by Gasteiger charge is 2.24. The van der Waals surface area contributed by atoms with E-state index < -0.39 is 5.97 Å². The highest BCUT2D eigenvalue weighted by Crippen LogP contribution is 2.28. The van der Waals surface area contributed by atoms with E-state index >= 15 is 0 Å². The third kappa shape index (κ3) is 3.56. The van der Waals surface area contributed by atoms with Gasteiger partial charge in [0.2, 0.25) is 5.91 Å². The Kier molecular flexibility index (Phi) is 4.75. The monoisotopic (exact) mass is 296 g/mol. The number of carbonyl (C=O) groups is 2. The summed E-state index contributed by atoms with van der Waals surface area (Å²) in [6.07, 6.45) is 4.11. The molecule has 110 valence electrons. The van der Waals surface area contributed by atoms with Crippen LogP contribution < -0.4 is 5.32 Å². The van der Waals surface area contributed by atoms with E-state index in [0.29, 0.717) is 17.2 Å². The van der Waals surface area contributed by atoms with Crippen molar-refractivity contribution in [2.24, 2.45) is 11.8 Å². The number of nitrogens with one attached hydrogen (secondary N) is 1. The molecule has 5 nitrogen and oxygen atoms in total. The maximum Gasteiger partial charge on any atom is 0.347 e. The molecule has 1 aromatic rings. The summed E-state index contributed by atoms with van der Waals surface area (Å²) in [5, 5.41) is 12.5. The average Bonchev–Trinajstić information content (AvgIpc) is 2.78. The van der Waals surface area contributed by atoms with E-state index in [1.165, 1.54) is 0 Å². The summed E-state index contributed by atoms with van der Waals surface area (Å²) in [6.45, 7) is 4.22. The smallest absolute Gasteiger partial charge is 0.347 e. The van der Waals surface area contributed by atoms with Crippen molar-refractivity contribution in [1.82, 2.24) is 10.3 Å². The van der Waals surface area contributed by atoms with Gasteiger partial charge in [0.25, 0.3) is 0 Å². The number of carboxylic acid groups (broad SMARTS) is 1. The van der Waals surface area contributed by atoms with E-state index in [9.17, 15) is 9.59 Å². The zero-order chi connectivity index (χ0) is 14.7. The minimum absolute atomic E-state index is 0.0710. The van der Waals surface area contributed by atoms with Crippen molar-refractivity contribution in [2.75, 3.05) is 0 Å². The Morgan fingerprint density at radius 1 is 1.35 bits per heavy atom. The second-order valence-electron chi connectivity index (χ2n) is 5.50. The molecule has 1 aliphatic rings. The van der Waals surface area contributed by atoms with Gasteiger partial charge in [0.1, 0.15) is 9.88 Å². The first-order valence-corrected chi connectivity index (χ1v) is 7.76. The minimum atomic E-state index is -0.959. The SMILES string of the molecule is Cc1nc(CNC(=O)C2CCC(C)CC2)sc1C(=O)O. The molecule has 1 fully saturated rings. The van der Waals surface area contributed by atoms with Gasteiger partial charge in [-0.25, -0.2) is 9.78 Å². The molecule has 20 heavy (non-hydrogen) atoms. The van der Waals surface area contributed by atoms with Crippen LogP contribution in [0.1, 0.15) is 53.0 Å². The normalized spacial score (nSPS) is 22.5. The summed E-state index contributed by atoms with van der Waals surface area (Å²) in [5.41, 5.74) is 0.512. The van der Waals surface area contributed by atoms with Gasteiger partial charge in [-0.2, -0.15) is 0 Å². The standard InChI is InChI=1S/C14H20N2O3S/c1-8-3-5-10(6-4-8)13(17)15-7-11-16-9(2)12(20-11)14(18)19/h8,10H,3-7H2,1-2H3,(H,15,17)(H,18,19). The number of hydrogen-bond donors (Lipinski definition) is 2. The van der Waals surface area contributed by atoms with Crippen LogP contribution in [0.4, 0.5) is 0 Å². The summed E-state index contributed by atoms with van der Waals surface area (Å²) >= 11 is 1.13. The largest absolute Gasteiger partial charge is 0.477 e. The van der Waals surface area contributed by atoms with Gasteiger partial charge < -0.3 is 10.4 Å². The van der Waals surface area contributed by atoms with Crippen LogP contribution in [0.5, 0.6) is 0 Å². The van der Waals surface area contributed by atoms with Crippen LogP contribution in [0.3, 0.4) is 0 Å². The first-order chi connectivity index (χ1) is 9.47. The van der Waals surface area contributed by atoms with Gasteiger partial charge in [-0.3, -0.25) is 4.79 Å². The van der Waals surface area contributed by atoms with E-state index in [4.69, 9.17) is 5.11 Å². The number of carbonyl (C=O) groups excluding carboxylic acids is 1. The fourth-order valence-electron chi connectivity index (χ4n) is 2.56. The van der Waals surface area contributed by atoms with Crippen LogP contribution in [-0.4, -0.2) is 22.0 Å². The third-order valence-corrected chi connectivity index (χ3v) is 4.98. The lowest BCUT2D eigenvalue weighted by atomic mass is 9.82. The molecule has 2 rings (SSSR count). The molecule has 0 spiro atoms. The lowest BCUT2D eigenvalue weighted by Crippen LogP contribution is -2.32. The van der Waals surface area contributed by atoms with Crippen molar-refractivity contribution in [3.8, 4) is 0 Å². The summed E-state index contributed by atoms with van der Waals surface area (Å²) < 4.78 is 0. The topological polar surface area (TPSA) is 79.3 Å². The predicted octanol–water partition coefficient (Wildman–Crippen LogP) is 2.59. The number of carboxylic acids is 1. The van der Waals surface area contributed by atoms with Crippen molar-refractivity contribution in [2.45, 2.75) is 46.1 Å². The molecule has 1 aromatic heterocycles. The maximum atomic E-state index is 12.1. The quantitative estimate of drug-likeness (QED) is 0.895. The number of nitrogens with zero attached hydrogens (tertiary/aromatic N) is 1. The summed E-state index contributed by atoms with van der Waals surface area (Å²) in [6, 6.07) is 0. The van der Waals surface area contributed by atoms with Crippen molar-refractivity contribution < 1.29 is 14.7 Å². The van der Waals surface area contributed by atoms with Crippen molar-refractivity contribution in [3.63, 3.8) is 0 Å². The van der Waals surface area contributed by atoms with Gasteiger partial charge in [-0.05, 0) is 38.5 Å². The Morgan fingerprint density at radius 3 is 2.55 bits per heavy atom. The highest BCUT2D eigenvalue weighted by atomic mass is 32.1. The number of aromatic carboxylic acids is 1. The van der Waals surface area contributed by atoms with Crippen LogP contribution in [0.25, 0.3) is 0 Å². The zero-order valence-electron chi connectivity index (χ0n) is 11.8. The summed E-state index contributed by atoms with van der Waals surface area (Å²) in [7, 11) is 0. The molecule has 1 heterocycles. The Labute approximate surface area is 122 Å². The van der Waals surface area contributed by atoms with E-state index in [1.807, 2.05) is 0 Å². The van der Waals surface area contributed by atoms with Crippen LogP contribution in [0.2, 0.25) is 0 Å². The number of aryl methyl sites for hydroxylation is 1. The number of thiazole rings is 1. The van der Waals surface area contributed by atoms with Crippen LogP contribution >= 0.6 is 11.3 Å². The third-order valence-electron chi connectivity index (χ3n) is 3.84. The van der Waals surface area contributed by atoms with Gasteiger partial charge in [0.05, 0.1) is 12.2 Å². The molecule has 1 amide bonds. The molecule has 0 aromatic carbocycles. The predicted molar refractivity (Wildman–Crippen MR) is 76.8 cm³/mol. The molecule has 6 heteroatoms. The van der Waals surface area contributed by atoms with Crippen molar-refractivity contribution in [1.29, 1.82) is 0 Å². The van der Waals surface area contributed by atoms with Crippen LogP contribution in [0, 0.1) is 18.8 Å². The molecule has 0 bridgehead atoms. The molecule has 0 atom stereocenters. The summed E-state index contributed by atoms with van der Waals surface area (Å²) in [5.74, 6) is -0.0644. The molecule has 0 radical (unpaired) electrons. The lowest BCUT2D eigenvalue weighted by molar-refractivity contribution is -0.126. The molecular weight excluding hydrogens is 276 g/mol. The van der Waals surface area contributed by atoms with Crippen molar-refractivity contribution in [3.05, 3.63) is 15.6 Å². The molecule has 1 aliphatic carbocycles. The number of hydrogen-bond acceptors (Lipinski definition) is 4. The fraction of sp³-hybridized carbons (Fsp3) is 0.643. The highest BCUT2D eigenvalue weighted by molar-refractivity contribution is 7.13. The second-order valence-corrected chi connectivity index (χ2v) is 6.59. The van der Waals surface area contributed by atoms with Crippen LogP contribution in [0.15, 0.2) is 0 Å². The van der Waals surface area contributed by atoms with Crippen molar-refractivity contribution >= 4 is 23.2 Å². The zero-order valence-corrected chi connectivity index (χ0v) is 12.6. The van der Waals surface area contributed by atoms with Gasteiger partial charge in [-0.1, -0.05) is 6.92 Å². The first-order valence-electron chi connectivity index (χ1n) is 6.94. The summed E-state index contributed by atoms with van der Waals surface area (Å²) in [4.78, 5) is 27.4. The Balaban J connectivity index is 1.87. The van der Waals surface area contributed by atoms with Gasteiger partial charge in [-0.15, -0.1) is 11.3 Å². The van der Waals surface area contributed by atoms with Gasteiger partial charge in [0.15, 0.2) is 0 Å². The Hall–Kier alpha value is -1.43. The molecule has 0 saturated heterocycles. The van der Waals surface area contributed by atoms with E-state index in [0.717, 1.165) is 42.9 Å². The average molecular weight is 296 g/mol. The minimum Gasteiger partial charge on any atom is -0.477 e. The molecule has 2 N–H and O–H groups in total. The number of aromatic nitrogens is 1. The van der Waals surface area contributed by atoms with Gasteiger partial charge >= 0.3 is 5.97 Å². The van der Waals surface area contributed by atoms with E-state index in [-0.39, 0.29) is 16.7 Å². The Morgan fingerprint density at radius 2 is 2.00 bits per heavy atom. The maximum absolute atomic E-state index is 12.1. The van der Waals surface area contributed by atoms with Crippen LogP contribution in [-0.2, 0) is 11.3 Å². The van der Waals surface area contributed by atoms with Gasteiger partial charge in [0, 0.05) is 5.92 Å². The Bertz CT molecular complexity index is 505. The molecule has 0 unspecified atom stereocenters. The second kappa shape index (κ2) is 6.35. The number of rotatable bonds is 4. The molecule has 1 saturated carbocycles. The fourth-order valence-corrected chi connectivity index (χ4v) is 3.40. The molecular formula is C14H20N2O3S. The lowest BCUT2D eigenvalue weighted by Gasteiger charge is -2.25. The first kappa shape index (κ1) is 15.0. The molecule has 0 aliphatic heterocycles.